The number of fused-ring (bicyclic) bond motifs is 5. The molecule has 158 valence electrons. The van der Waals surface area contributed by atoms with Crippen LogP contribution in [0.15, 0.2) is 84.2 Å². The first-order chi connectivity index (χ1) is 15.7. The van der Waals surface area contributed by atoms with Gasteiger partial charge < -0.3 is 18.9 Å². The second-order valence-corrected chi connectivity index (χ2v) is 7.88. The molecule has 1 aliphatic carbocycles. The van der Waals surface area contributed by atoms with Gasteiger partial charge in [-0.2, -0.15) is 0 Å². The largest absolute Gasteiger partial charge is 0.496 e. The number of allylic oxidation sites excluding steroid dienone is 1. The summed E-state index contributed by atoms with van der Waals surface area (Å²) < 4.78 is 23.0. The van der Waals surface area contributed by atoms with Gasteiger partial charge in [-0.3, -0.25) is 0 Å². The maximum Gasteiger partial charge on any atom is 0.338 e. The molecule has 0 bridgehead atoms. The molecule has 5 heteroatoms. The van der Waals surface area contributed by atoms with E-state index in [0.717, 1.165) is 38.8 Å². The Kier molecular flexibility index (Phi) is 4.20. The normalized spacial score (nSPS) is 20.4. The van der Waals surface area contributed by atoms with E-state index in [1.54, 1.807) is 13.2 Å². The minimum absolute atomic E-state index is 0.00530. The third-order valence-electron chi connectivity index (χ3n) is 6.13. The Balaban J connectivity index is 1.71. The van der Waals surface area contributed by atoms with Crippen molar-refractivity contribution in [2.45, 2.75) is 12.2 Å². The Morgan fingerprint density at radius 1 is 0.938 bits per heavy atom. The van der Waals surface area contributed by atoms with Crippen molar-refractivity contribution in [3.05, 3.63) is 101 Å². The van der Waals surface area contributed by atoms with Gasteiger partial charge in [-0.1, -0.05) is 48.6 Å². The Morgan fingerprint density at radius 2 is 1.81 bits per heavy atom. The van der Waals surface area contributed by atoms with Crippen molar-refractivity contribution in [1.82, 2.24) is 0 Å². The summed E-state index contributed by atoms with van der Waals surface area (Å²) in [5.41, 5.74) is 4.03. The molecular formula is C27H20O5. The van der Waals surface area contributed by atoms with Crippen LogP contribution in [0.1, 0.15) is 21.5 Å². The Hall–Kier alpha value is -3.83. The number of carbonyl (C=O) groups is 1. The molecule has 3 aliphatic rings. The molecule has 1 saturated heterocycles. The number of methoxy groups -OCH3 is 2. The number of hydrogen-bond acceptors (Lipinski definition) is 5. The van der Waals surface area contributed by atoms with Gasteiger partial charge in [0.05, 0.1) is 25.2 Å². The van der Waals surface area contributed by atoms with Crippen molar-refractivity contribution >= 4 is 22.3 Å². The Bertz CT molecular complexity index is 1380. The molecule has 3 aromatic rings. The highest BCUT2D eigenvalue weighted by Gasteiger charge is 2.39. The van der Waals surface area contributed by atoms with Crippen LogP contribution in [0.5, 0.6) is 11.5 Å². The van der Waals surface area contributed by atoms with Crippen LogP contribution in [0.3, 0.4) is 0 Å². The first kappa shape index (κ1) is 18.9. The van der Waals surface area contributed by atoms with E-state index in [-0.39, 0.29) is 18.2 Å². The van der Waals surface area contributed by atoms with Crippen LogP contribution in [-0.4, -0.2) is 32.4 Å². The molecule has 2 atom stereocenters. The minimum Gasteiger partial charge on any atom is -0.496 e. The fraction of sp³-hybridized carbons (Fsp3) is 0.148. The van der Waals surface area contributed by atoms with Crippen molar-refractivity contribution in [2.24, 2.45) is 0 Å². The van der Waals surface area contributed by atoms with Crippen LogP contribution < -0.4 is 9.47 Å². The number of rotatable bonds is 3. The topological polar surface area (TPSA) is 57.3 Å². The van der Waals surface area contributed by atoms with Crippen LogP contribution in [0.25, 0.3) is 16.3 Å². The molecule has 32 heavy (non-hydrogen) atoms. The van der Waals surface area contributed by atoms with Gasteiger partial charge in [0, 0.05) is 16.7 Å². The van der Waals surface area contributed by atoms with Gasteiger partial charge in [0.25, 0.3) is 0 Å². The lowest BCUT2D eigenvalue weighted by Crippen LogP contribution is -2.13. The SMILES string of the molecule is COC(=O)c1ccccc1C1=C2C=CC3OC3C=C2Oc2c1ccc1cccc(OC)c21. The van der Waals surface area contributed by atoms with Crippen LogP contribution in [-0.2, 0) is 9.47 Å². The summed E-state index contributed by atoms with van der Waals surface area (Å²) in [6.45, 7) is 0. The predicted molar refractivity (Wildman–Crippen MR) is 121 cm³/mol. The summed E-state index contributed by atoms with van der Waals surface area (Å²) >= 11 is 0. The summed E-state index contributed by atoms with van der Waals surface area (Å²) in [5.74, 6) is 1.77. The van der Waals surface area contributed by atoms with Gasteiger partial charge in [-0.25, -0.2) is 4.79 Å². The quantitative estimate of drug-likeness (QED) is 0.435. The average Bonchev–Trinajstić information content (AvgIpc) is 3.60. The van der Waals surface area contributed by atoms with Gasteiger partial charge in [-0.05, 0) is 35.2 Å². The lowest BCUT2D eigenvalue weighted by Gasteiger charge is -2.27. The Morgan fingerprint density at radius 3 is 2.66 bits per heavy atom. The number of hydrogen-bond donors (Lipinski definition) is 0. The molecule has 1 fully saturated rings. The summed E-state index contributed by atoms with van der Waals surface area (Å²) in [4.78, 5) is 12.6. The second kappa shape index (κ2) is 7.11. The van der Waals surface area contributed by atoms with Gasteiger partial charge >= 0.3 is 5.97 Å². The van der Waals surface area contributed by atoms with Crippen LogP contribution >= 0.6 is 0 Å². The van der Waals surface area contributed by atoms with E-state index < -0.39 is 0 Å². The molecule has 2 aliphatic heterocycles. The molecule has 0 aromatic heterocycles. The molecule has 0 spiro atoms. The first-order valence-corrected chi connectivity index (χ1v) is 10.5. The number of benzene rings is 3. The first-order valence-electron chi connectivity index (χ1n) is 10.5. The zero-order valence-corrected chi connectivity index (χ0v) is 17.6. The van der Waals surface area contributed by atoms with E-state index in [9.17, 15) is 4.79 Å². The lowest BCUT2D eigenvalue weighted by atomic mass is 9.85. The monoisotopic (exact) mass is 424 g/mol. The van der Waals surface area contributed by atoms with Crippen molar-refractivity contribution in [1.29, 1.82) is 0 Å². The molecule has 3 aromatic carbocycles. The molecule has 0 radical (unpaired) electrons. The third kappa shape index (κ3) is 2.78. The fourth-order valence-corrected chi connectivity index (χ4v) is 4.55. The molecular weight excluding hydrogens is 404 g/mol. The average molecular weight is 424 g/mol. The van der Waals surface area contributed by atoms with E-state index in [0.29, 0.717) is 17.1 Å². The highest BCUT2D eigenvalue weighted by Crippen LogP contribution is 2.49. The summed E-state index contributed by atoms with van der Waals surface area (Å²) in [7, 11) is 3.05. The van der Waals surface area contributed by atoms with Crippen molar-refractivity contribution in [2.75, 3.05) is 14.2 Å². The zero-order valence-electron chi connectivity index (χ0n) is 17.6. The number of carbonyl (C=O) groups excluding carboxylic acids is 1. The lowest BCUT2D eigenvalue weighted by molar-refractivity contribution is 0.0600. The van der Waals surface area contributed by atoms with Crippen molar-refractivity contribution in [3.8, 4) is 11.5 Å². The molecule has 5 nitrogen and oxygen atoms in total. The van der Waals surface area contributed by atoms with E-state index in [2.05, 4.69) is 6.07 Å². The summed E-state index contributed by atoms with van der Waals surface area (Å²) in [6, 6.07) is 17.5. The number of epoxide rings is 1. The molecule has 6 rings (SSSR count). The summed E-state index contributed by atoms with van der Waals surface area (Å²) in [5, 5.41) is 1.90. The molecule has 0 amide bonds. The zero-order chi connectivity index (χ0) is 21.8. The third-order valence-corrected chi connectivity index (χ3v) is 6.13. The van der Waals surface area contributed by atoms with Crippen molar-refractivity contribution < 1.29 is 23.7 Å². The maximum atomic E-state index is 12.6. The molecule has 2 heterocycles. The van der Waals surface area contributed by atoms with Gasteiger partial charge in [0.1, 0.15) is 29.5 Å². The van der Waals surface area contributed by atoms with E-state index in [4.69, 9.17) is 18.9 Å². The highest BCUT2D eigenvalue weighted by atomic mass is 16.6. The van der Waals surface area contributed by atoms with E-state index >= 15 is 0 Å². The molecule has 0 N–H and O–H groups in total. The van der Waals surface area contributed by atoms with Gasteiger partial charge in [0.15, 0.2) is 0 Å². The van der Waals surface area contributed by atoms with Crippen LogP contribution in [0.4, 0.5) is 0 Å². The fourth-order valence-electron chi connectivity index (χ4n) is 4.55. The van der Waals surface area contributed by atoms with Crippen LogP contribution in [0.2, 0.25) is 0 Å². The predicted octanol–water partition coefficient (Wildman–Crippen LogP) is 5.05. The number of esters is 1. The molecule has 2 unspecified atom stereocenters. The summed E-state index contributed by atoms with van der Waals surface area (Å²) in [6.07, 6.45) is 6.13. The van der Waals surface area contributed by atoms with E-state index in [1.165, 1.54) is 7.11 Å². The number of ether oxygens (including phenoxy) is 4. The second-order valence-electron chi connectivity index (χ2n) is 7.88. The van der Waals surface area contributed by atoms with Crippen LogP contribution in [0, 0.1) is 0 Å². The molecule has 0 saturated carbocycles. The van der Waals surface area contributed by atoms with Gasteiger partial charge in [-0.15, -0.1) is 0 Å². The van der Waals surface area contributed by atoms with E-state index in [1.807, 2.05) is 60.7 Å². The standard InChI is InChI=1S/C27H20O5/c1-29-21-9-5-6-15-10-11-19-25(16-7-3-4-8-17(16)27(28)30-2)18-12-13-20-23(31-20)14-22(18)32-26(19)24(15)21/h3-14,20,23H,1-2H3. The van der Waals surface area contributed by atoms with Crippen molar-refractivity contribution in [3.63, 3.8) is 0 Å². The minimum atomic E-state index is -0.380. The maximum absolute atomic E-state index is 12.6. The smallest absolute Gasteiger partial charge is 0.338 e. The highest BCUT2D eigenvalue weighted by molar-refractivity contribution is 6.05. The Labute approximate surface area is 185 Å². The van der Waals surface area contributed by atoms with Gasteiger partial charge in [0.2, 0.25) is 0 Å².